The molecule has 1 heterocycles. The van der Waals surface area contributed by atoms with Crippen LogP contribution < -0.4 is 4.74 Å². The Hall–Kier alpha value is -2.30. The van der Waals surface area contributed by atoms with Gasteiger partial charge in [-0.15, -0.1) is 0 Å². The summed E-state index contributed by atoms with van der Waals surface area (Å²) < 4.78 is 7.51. The summed E-state index contributed by atoms with van der Waals surface area (Å²) in [5.74, 6) is 0.709. The van der Waals surface area contributed by atoms with E-state index in [0.29, 0.717) is 24.5 Å². The van der Waals surface area contributed by atoms with E-state index in [2.05, 4.69) is 10.3 Å². The van der Waals surface area contributed by atoms with Gasteiger partial charge in [-0.05, 0) is 18.6 Å². The smallest absolute Gasteiger partial charge is 0.128 e. The lowest BCUT2D eigenvalue weighted by atomic mass is 10.1. The highest BCUT2D eigenvalue weighted by Gasteiger charge is 2.09. The van der Waals surface area contributed by atoms with Crippen molar-refractivity contribution >= 4 is 5.71 Å². The van der Waals surface area contributed by atoms with Crippen LogP contribution in [0.2, 0.25) is 0 Å². The first-order valence-electron chi connectivity index (χ1n) is 6.15. The molecule has 0 saturated carbocycles. The van der Waals surface area contributed by atoms with Gasteiger partial charge in [0.25, 0.3) is 0 Å². The highest BCUT2D eigenvalue weighted by atomic mass is 16.5. The average molecular weight is 259 g/mol. The van der Waals surface area contributed by atoms with Gasteiger partial charge in [0.2, 0.25) is 0 Å². The molecule has 0 aliphatic carbocycles. The standard InChI is InChI=1S/C14H17N3O2/c1-3-13(16-18)12-6-4-5-7-14(12)19-10-11-8-15-17(2)9-11/h4-9,18H,3,10H2,1-2H3. The van der Waals surface area contributed by atoms with Crippen LogP contribution in [0.4, 0.5) is 0 Å². The second-order valence-electron chi connectivity index (χ2n) is 4.21. The van der Waals surface area contributed by atoms with Gasteiger partial charge in [0, 0.05) is 24.4 Å². The van der Waals surface area contributed by atoms with Gasteiger partial charge in [-0.3, -0.25) is 4.68 Å². The van der Waals surface area contributed by atoms with E-state index in [1.807, 2.05) is 44.4 Å². The van der Waals surface area contributed by atoms with Crippen molar-refractivity contribution < 1.29 is 9.94 Å². The maximum absolute atomic E-state index is 9.01. The van der Waals surface area contributed by atoms with Crippen LogP contribution in [0.3, 0.4) is 0 Å². The Balaban J connectivity index is 2.16. The maximum Gasteiger partial charge on any atom is 0.128 e. The molecule has 0 atom stereocenters. The lowest BCUT2D eigenvalue weighted by molar-refractivity contribution is 0.303. The van der Waals surface area contributed by atoms with Crippen LogP contribution in [0.15, 0.2) is 41.8 Å². The molecule has 0 aliphatic rings. The van der Waals surface area contributed by atoms with Gasteiger partial charge in [0.1, 0.15) is 12.4 Å². The van der Waals surface area contributed by atoms with E-state index in [4.69, 9.17) is 9.94 Å². The van der Waals surface area contributed by atoms with Crippen molar-refractivity contribution in [2.75, 3.05) is 0 Å². The molecule has 1 aromatic carbocycles. The molecule has 0 aliphatic heterocycles. The summed E-state index contributed by atoms with van der Waals surface area (Å²) in [6.45, 7) is 2.38. The van der Waals surface area contributed by atoms with Gasteiger partial charge in [0.05, 0.1) is 11.9 Å². The summed E-state index contributed by atoms with van der Waals surface area (Å²) in [5, 5.41) is 16.4. The molecule has 0 unspecified atom stereocenters. The molecule has 0 amide bonds. The monoisotopic (exact) mass is 259 g/mol. The van der Waals surface area contributed by atoms with Crippen molar-refractivity contribution in [1.29, 1.82) is 0 Å². The number of rotatable bonds is 5. The van der Waals surface area contributed by atoms with Crippen molar-refractivity contribution in [1.82, 2.24) is 9.78 Å². The van der Waals surface area contributed by atoms with E-state index >= 15 is 0 Å². The molecule has 2 aromatic rings. The van der Waals surface area contributed by atoms with Crippen LogP contribution in [-0.4, -0.2) is 20.7 Å². The first kappa shape index (κ1) is 13.1. The summed E-state index contributed by atoms with van der Waals surface area (Å²) >= 11 is 0. The largest absolute Gasteiger partial charge is 0.488 e. The Bertz CT molecular complexity index is 576. The Morgan fingerprint density at radius 3 is 2.84 bits per heavy atom. The van der Waals surface area contributed by atoms with Gasteiger partial charge in [-0.2, -0.15) is 5.10 Å². The maximum atomic E-state index is 9.01. The van der Waals surface area contributed by atoms with Crippen molar-refractivity contribution in [2.45, 2.75) is 20.0 Å². The van der Waals surface area contributed by atoms with Crippen molar-refractivity contribution in [3.8, 4) is 5.75 Å². The topological polar surface area (TPSA) is 59.6 Å². The Kier molecular flexibility index (Phi) is 4.18. The normalized spacial score (nSPS) is 11.6. The van der Waals surface area contributed by atoms with E-state index in [1.54, 1.807) is 10.9 Å². The molecule has 0 radical (unpaired) electrons. The van der Waals surface area contributed by atoms with Gasteiger partial charge in [0.15, 0.2) is 0 Å². The zero-order valence-electron chi connectivity index (χ0n) is 11.1. The minimum atomic E-state index is 0.438. The first-order valence-corrected chi connectivity index (χ1v) is 6.15. The molecule has 100 valence electrons. The van der Waals surface area contributed by atoms with E-state index < -0.39 is 0 Å². The van der Waals surface area contributed by atoms with Crippen molar-refractivity contribution in [3.63, 3.8) is 0 Å². The van der Waals surface area contributed by atoms with Crippen LogP contribution >= 0.6 is 0 Å². The third-order valence-electron chi connectivity index (χ3n) is 2.81. The number of ether oxygens (including phenoxy) is 1. The fourth-order valence-electron chi connectivity index (χ4n) is 1.85. The molecule has 2 rings (SSSR count). The Morgan fingerprint density at radius 2 is 2.21 bits per heavy atom. The van der Waals surface area contributed by atoms with Crippen LogP contribution in [0.5, 0.6) is 5.75 Å². The summed E-state index contributed by atoms with van der Waals surface area (Å²) in [5.41, 5.74) is 2.43. The average Bonchev–Trinajstić information content (AvgIpc) is 2.85. The Morgan fingerprint density at radius 1 is 1.42 bits per heavy atom. The lowest BCUT2D eigenvalue weighted by Crippen LogP contribution is -2.04. The van der Waals surface area contributed by atoms with Crippen LogP contribution in [0.25, 0.3) is 0 Å². The predicted octanol–water partition coefficient (Wildman–Crippen LogP) is 2.59. The summed E-state index contributed by atoms with van der Waals surface area (Å²) in [6.07, 6.45) is 4.32. The predicted molar refractivity (Wildman–Crippen MR) is 72.6 cm³/mol. The molecule has 1 N–H and O–H groups in total. The molecule has 5 nitrogen and oxygen atoms in total. The van der Waals surface area contributed by atoms with Crippen LogP contribution in [0, 0.1) is 0 Å². The molecule has 0 bridgehead atoms. The number of hydrogen-bond donors (Lipinski definition) is 1. The number of aromatic nitrogens is 2. The minimum absolute atomic E-state index is 0.438. The minimum Gasteiger partial charge on any atom is -0.488 e. The number of hydrogen-bond acceptors (Lipinski definition) is 4. The molecular weight excluding hydrogens is 242 g/mol. The number of aryl methyl sites for hydroxylation is 1. The van der Waals surface area contributed by atoms with Gasteiger partial charge >= 0.3 is 0 Å². The molecule has 1 aromatic heterocycles. The molecule has 0 spiro atoms. The first-order chi connectivity index (χ1) is 9.24. The molecule has 19 heavy (non-hydrogen) atoms. The Labute approximate surface area is 112 Å². The zero-order chi connectivity index (χ0) is 13.7. The summed E-state index contributed by atoms with van der Waals surface area (Å²) in [7, 11) is 1.87. The molecule has 5 heteroatoms. The van der Waals surface area contributed by atoms with Crippen LogP contribution in [0.1, 0.15) is 24.5 Å². The number of nitrogens with zero attached hydrogens (tertiary/aromatic N) is 3. The summed E-state index contributed by atoms with van der Waals surface area (Å²) in [4.78, 5) is 0. The lowest BCUT2D eigenvalue weighted by Gasteiger charge is -2.10. The van der Waals surface area contributed by atoms with E-state index in [1.165, 1.54) is 0 Å². The second kappa shape index (κ2) is 6.04. The highest BCUT2D eigenvalue weighted by Crippen LogP contribution is 2.21. The second-order valence-corrected chi connectivity index (χ2v) is 4.21. The summed E-state index contributed by atoms with van der Waals surface area (Å²) in [6, 6.07) is 7.55. The highest BCUT2D eigenvalue weighted by molar-refractivity contribution is 6.02. The fraction of sp³-hybridized carbons (Fsp3) is 0.286. The van der Waals surface area contributed by atoms with E-state index in [-0.39, 0.29) is 0 Å². The van der Waals surface area contributed by atoms with Crippen LogP contribution in [-0.2, 0) is 13.7 Å². The van der Waals surface area contributed by atoms with Gasteiger partial charge in [-0.1, -0.05) is 24.2 Å². The number of oxime groups is 1. The van der Waals surface area contributed by atoms with E-state index in [9.17, 15) is 0 Å². The number of benzene rings is 1. The third kappa shape index (κ3) is 3.13. The fourth-order valence-corrected chi connectivity index (χ4v) is 1.85. The third-order valence-corrected chi connectivity index (χ3v) is 2.81. The molecular formula is C14H17N3O2. The SMILES string of the molecule is CCC(=NO)c1ccccc1OCc1cnn(C)c1. The zero-order valence-corrected chi connectivity index (χ0v) is 11.1. The molecule has 0 fully saturated rings. The van der Waals surface area contributed by atoms with Gasteiger partial charge in [-0.25, -0.2) is 0 Å². The van der Waals surface area contributed by atoms with Crippen molar-refractivity contribution in [3.05, 3.63) is 47.8 Å². The number of para-hydroxylation sites is 1. The van der Waals surface area contributed by atoms with Crippen molar-refractivity contribution in [2.24, 2.45) is 12.2 Å². The quantitative estimate of drug-likeness (QED) is 0.510. The van der Waals surface area contributed by atoms with E-state index in [0.717, 1.165) is 11.1 Å². The molecule has 0 saturated heterocycles. The van der Waals surface area contributed by atoms with Gasteiger partial charge < -0.3 is 9.94 Å².